The Balaban J connectivity index is 2.03. The molecule has 0 fully saturated rings. The first-order valence-electron chi connectivity index (χ1n) is 6.93. The van der Waals surface area contributed by atoms with E-state index in [4.69, 9.17) is 4.42 Å². The lowest BCUT2D eigenvalue weighted by atomic mass is 10.2. The van der Waals surface area contributed by atoms with Crippen LogP contribution in [0.25, 0.3) is 0 Å². The van der Waals surface area contributed by atoms with Crippen LogP contribution in [-0.2, 0) is 16.6 Å². The molecule has 0 radical (unpaired) electrons. The van der Waals surface area contributed by atoms with Gasteiger partial charge in [0.2, 0.25) is 10.0 Å². The van der Waals surface area contributed by atoms with Crippen LogP contribution in [0.1, 0.15) is 29.5 Å². The van der Waals surface area contributed by atoms with E-state index in [-0.39, 0.29) is 17.3 Å². The third-order valence-corrected chi connectivity index (χ3v) is 4.40. The largest absolute Gasteiger partial charge is 0.468 e. The van der Waals surface area contributed by atoms with Crippen molar-refractivity contribution in [2.75, 3.05) is 6.54 Å². The zero-order valence-corrected chi connectivity index (χ0v) is 13.0. The Bertz CT molecular complexity index is 707. The second kappa shape index (κ2) is 7.24. The van der Waals surface area contributed by atoms with Gasteiger partial charge in [-0.25, -0.2) is 13.1 Å². The minimum absolute atomic E-state index is 0.0775. The lowest BCUT2D eigenvalue weighted by molar-refractivity contribution is 0.0953. The molecule has 2 rings (SSSR count). The van der Waals surface area contributed by atoms with Gasteiger partial charge in [0.15, 0.2) is 0 Å². The number of rotatable bonds is 7. The minimum Gasteiger partial charge on any atom is -0.468 e. The molecule has 0 saturated heterocycles. The third-order valence-electron chi connectivity index (χ3n) is 2.98. The van der Waals surface area contributed by atoms with E-state index in [0.717, 1.165) is 6.42 Å². The fourth-order valence-corrected chi connectivity index (χ4v) is 2.78. The van der Waals surface area contributed by atoms with Gasteiger partial charge in [-0.1, -0.05) is 6.92 Å². The van der Waals surface area contributed by atoms with Crippen molar-refractivity contribution < 1.29 is 17.6 Å². The summed E-state index contributed by atoms with van der Waals surface area (Å²) in [5.41, 5.74) is 0.429. The second-order valence-corrected chi connectivity index (χ2v) is 6.45. The van der Waals surface area contributed by atoms with Crippen molar-refractivity contribution >= 4 is 15.9 Å². The Kier molecular flexibility index (Phi) is 5.35. The van der Waals surface area contributed by atoms with E-state index in [0.29, 0.717) is 17.9 Å². The normalized spacial score (nSPS) is 11.3. The summed E-state index contributed by atoms with van der Waals surface area (Å²) in [6.45, 7) is 2.62. The standard InChI is InChI=1S/C15H18N2O4S/c1-2-9-16-15(18)12-5-7-14(8-6-12)22(19,20)17-11-13-4-3-10-21-13/h3-8,10,17H,2,9,11H2,1H3,(H,16,18). The number of hydrogen-bond donors (Lipinski definition) is 2. The molecule has 0 aliphatic heterocycles. The number of amides is 1. The van der Waals surface area contributed by atoms with Crippen LogP contribution in [0.4, 0.5) is 0 Å². The predicted octanol–water partition coefficient (Wildman–Crippen LogP) is 1.90. The predicted molar refractivity (Wildman–Crippen MR) is 81.8 cm³/mol. The molecule has 118 valence electrons. The van der Waals surface area contributed by atoms with E-state index < -0.39 is 10.0 Å². The molecule has 0 unspecified atom stereocenters. The Morgan fingerprint density at radius 3 is 2.50 bits per heavy atom. The van der Waals surface area contributed by atoms with Crippen LogP contribution in [0.15, 0.2) is 52.0 Å². The highest BCUT2D eigenvalue weighted by molar-refractivity contribution is 7.89. The highest BCUT2D eigenvalue weighted by atomic mass is 32.2. The van der Waals surface area contributed by atoms with Crippen molar-refractivity contribution in [2.24, 2.45) is 0 Å². The fraction of sp³-hybridized carbons (Fsp3) is 0.267. The van der Waals surface area contributed by atoms with Crippen molar-refractivity contribution in [1.29, 1.82) is 0 Å². The molecule has 1 aromatic carbocycles. The molecule has 22 heavy (non-hydrogen) atoms. The van der Waals surface area contributed by atoms with E-state index in [9.17, 15) is 13.2 Å². The molecule has 2 N–H and O–H groups in total. The summed E-state index contributed by atoms with van der Waals surface area (Å²) in [5.74, 6) is 0.313. The molecular formula is C15H18N2O4S. The molecule has 0 bridgehead atoms. The number of carbonyl (C=O) groups is 1. The number of carbonyl (C=O) groups excluding carboxylic acids is 1. The molecule has 0 aliphatic carbocycles. The summed E-state index contributed by atoms with van der Waals surface area (Å²) < 4.78 is 31.8. The molecule has 0 saturated carbocycles. The molecule has 0 aliphatic rings. The van der Waals surface area contributed by atoms with Gasteiger partial charge in [-0.05, 0) is 42.8 Å². The van der Waals surface area contributed by atoms with Crippen molar-refractivity contribution in [3.8, 4) is 0 Å². The highest BCUT2D eigenvalue weighted by Gasteiger charge is 2.15. The van der Waals surface area contributed by atoms with Gasteiger partial charge in [0.25, 0.3) is 5.91 Å². The summed E-state index contributed by atoms with van der Waals surface area (Å²) in [6, 6.07) is 9.17. The number of furan rings is 1. The summed E-state index contributed by atoms with van der Waals surface area (Å²) in [5, 5.41) is 2.73. The topological polar surface area (TPSA) is 88.4 Å². The monoisotopic (exact) mass is 322 g/mol. The van der Waals surface area contributed by atoms with Gasteiger partial charge in [-0.2, -0.15) is 0 Å². The van der Waals surface area contributed by atoms with Gasteiger partial charge in [0.1, 0.15) is 5.76 Å². The Morgan fingerprint density at radius 1 is 1.18 bits per heavy atom. The number of hydrogen-bond acceptors (Lipinski definition) is 4. The van der Waals surface area contributed by atoms with Gasteiger partial charge in [-0.15, -0.1) is 0 Å². The molecule has 1 amide bonds. The minimum atomic E-state index is -3.64. The lowest BCUT2D eigenvalue weighted by Crippen LogP contribution is -2.25. The van der Waals surface area contributed by atoms with Crippen molar-refractivity contribution in [1.82, 2.24) is 10.0 Å². The van der Waals surface area contributed by atoms with E-state index in [1.807, 2.05) is 6.92 Å². The molecular weight excluding hydrogens is 304 g/mol. The molecule has 6 nitrogen and oxygen atoms in total. The molecule has 1 heterocycles. The third kappa shape index (κ3) is 4.19. The fourth-order valence-electron chi connectivity index (χ4n) is 1.79. The maximum absolute atomic E-state index is 12.1. The van der Waals surface area contributed by atoms with Gasteiger partial charge in [0.05, 0.1) is 17.7 Å². The molecule has 0 atom stereocenters. The Hall–Kier alpha value is -2.12. The molecule has 1 aromatic heterocycles. The average molecular weight is 322 g/mol. The number of sulfonamides is 1. The first-order valence-corrected chi connectivity index (χ1v) is 8.41. The van der Waals surface area contributed by atoms with Gasteiger partial charge in [0, 0.05) is 12.1 Å². The van der Waals surface area contributed by atoms with Crippen molar-refractivity contribution in [3.05, 3.63) is 54.0 Å². The van der Waals surface area contributed by atoms with Crippen molar-refractivity contribution in [2.45, 2.75) is 24.8 Å². The first-order chi connectivity index (χ1) is 10.5. The molecule has 0 spiro atoms. The second-order valence-electron chi connectivity index (χ2n) is 4.68. The molecule has 7 heteroatoms. The lowest BCUT2D eigenvalue weighted by Gasteiger charge is -2.07. The Morgan fingerprint density at radius 2 is 1.91 bits per heavy atom. The highest BCUT2D eigenvalue weighted by Crippen LogP contribution is 2.11. The zero-order chi connectivity index (χ0) is 16.0. The summed E-state index contributed by atoms with van der Waals surface area (Å²) in [7, 11) is -3.64. The summed E-state index contributed by atoms with van der Waals surface area (Å²) in [6.07, 6.45) is 2.32. The summed E-state index contributed by atoms with van der Waals surface area (Å²) in [4.78, 5) is 11.9. The van der Waals surface area contributed by atoms with Crippen LogP contribution in [0.5, 0.6) is 0 Å². The van der Waals surface area contributed by atoms with Crippen LogP contribution < -0.4 is 10.0 Å². The van der Waals surface area contributed by atoms with Gasteiger partial charge < -0.3 is 9.73 Å². The van der Waals surface area contributed by atoms with E-state index in [1.54, 1.807) is 12.1 Å². The van der Waals surface area contributed by atoms with Crippen LogP contribution in [0, 0.1) is 0 Å². The quantitative estimate of drug-likeness (QED) is 0.815. The van der Waals surface area contributed by atoms with E-state index >= 15 is 0 Å². The van der Waals surface area contributed by atoms with Crippen LogP contribution in [-0.4, -0.2) is 20.9 Å². The maximum atomic E-state index is 12.1. The van der Waals surface area contributed by atoms with Crippen molar-refractivity contribution in [3.63, 3.8) is 0 Å². The van der Waals surface area contributed by atoms with Gasteiger partial charge in [-0.3, -0.25) is 4.79 Å². The van der Waals surface area contributed by atoms with Gasteiger partial charge >= 0.3 is 0 Å². The average Bonchev–Trinajstić information content (AvgIpc) is 3.04. The van der Waals surface area contributed by atoms with E-state index in [2.05, 4.69) is 10.0 Å². The number of nitrogens with one attached hydrogen (secondary N) is 2. The SMILES string of the molecule is CCCNC(=O)c1ccc(S(=O)(=O)NCc2ccco2)cc1. The van der Waals surface area contributed by atoms with Crippen LogP contribution >= 0.6 is 0 Å². The smallest absolute Gasteiger partial charge is 0.251 e. The molecule has 2 aromatic rings. The van der Waals surface area contributed by atoms with Crippen LogP contribution in [0.2, 0.25) is 0 Å². The maximum Gasteiger partial charge on any atom is 0.251 e. The zero-order valence-electron chi connectivity index (χ0n) is 12.2. The Labute approximate surface area is 129 Å². The summed E-state index contributed by atoms with van der Waals surface area (Å²) >= 11 is 0. The van der Waals surface area contributed by atoms with Crippen LogP contribution in [0.3, 0.4) is 0 Å². The number of benzene rings is 1. The van der Waals surface area contributed by atoms with E-state index in [1.165, 1.54) is 30.5 Å². The first kappa shape index (κ1) is 16.3.